The van der Waals surface area contributed by atoms with E-state index in [2.05, 4.69) is 17.2 Å². The van der Waals surface area contributed by atoms with Crippen LogP contribution in [0.1, 0.15) is 81.9 Å². The molecule has 5 heterocycles. The van der Waals surface area contributed by atoms with Gasteiger partial charge in [-0.25, -0.2) is 14.5 Å². The second kappa shape index (κ2) is 19.0. The van der Waals surface area contributed by atoms with Crippen molar-refractivity contribution in [1.29, 1.82) is 0 Å². The van der Waals surface area contributed by atoms with Crippen LogP contribution in [0, 0.1) is 0 Å². The van der Waals surface area contributed by atoms with Crippen LogP contribution in [0.25, 0.3) is 10.1 Å². The predicted molar refractivity (Wildman–Crippen MR) is 224 cm³/mol. The molecule has 3 aliphatic heterocycles. The maximum absolute atomic E-state index is 14.2. The van der Waals surface area contributed by atoms with E-state index in [1.54, 1.807) is 59.1 Å². The van der Waals surface area contributed by atoms with Crippen molar-refractivity contribution in [3.8, 4) is 11.5 Å². The summed E-state index contributed by atoms with van der Waals surface area (Å²) in [7, 11) is 4.50. The van der Waals surface area contributed by atoms with Crippen molar-refractivity contribution >= 4 is 68.3 Å². The molecule has 7 rings (SSSR count). The van der Waals surface area contributed by atoms with Gasteiger partial charge >= 0.3 is 12.1 Å². The minimum absolute atomic E-state index is 0.0489. The molecule has 2 N–H and O–H groups in total. The minimum atomic E-state index is -0.899. The molecule has 0 aliphatic carbocycles. The number of nitrogens with one attached hydrogen (secondary N) is 2. The number of benzene rings is 2. The second-order valence-electron chi connectivity index (χ2n) is 14.7. The maximum Gasteiger partial charge on any atom is 0.416 e. The standard InChI is InChI=1S/C43H49N5O11S/c1-5-17-58-43(53)48-31-24-34(33(54-3)23-29(31)40(51)47-16-8-6-11-30(47)41(48)59-38-13-7-9-18-57-38)56-19-10-12-37(49)44-28-22-32(46(2)25-28)39(50)45-27-14-15-35-26(20-27)21-36(60-35)42(52)55-4/h5,14-15,20-25,30,38,41H,1,6-13,16-19H2,2-4H3,(H,44,49)(H,45,50)/t30-,38?,41?/m0/s1. The number of thiophene rings is 1. The zero-order valence-electron chi connectivity index (χ0n) is 33.9. The molecule has 318 valence electrons. The van der Waals surface area contributed by atoms with E-state index in [-0.39, 0.29) is 60.1 Å². The average Bonchev–Trinajstić information content (AvgIpc) is 3.84. The first-order valence-electron chi connectivity index (χ1n) is 20.0. The molecule has 3 aliphatic rings. The lowest BCUT2D eigenvalue weighted by molar-refractivity contribution is -0.198. The fraction of sp³-hybridized carbons (Fsp3) is 0.419. The summed E-state index contributed by atoms with van der Waals surface area (Å²) in [6, 6.07) is 11.4. The molecular formula is C43H49N5O11S. The minimum Gasteiger partial charge on any atom is -0.493 e. The van der Waals surface area contributed by atoms with Crippen LogP contribution >= 0.6 is 11.3 Å². The van der Waals surface area contributed by atoms with Gasteiger partial charge in [0.2, 0.25) is 5.91 Å². The lowest BCUT2D eigenvalue weighted by Crippen LogP contribution is -2.57. The quantitative estimate of drug-likeness (QED) is 0.0753. The number of carbonyl (C=O) groups is 5. The summed E-state index contributed by atoms with van der Waals surface area (Å²) in [6.07, 6.45) is 6.12. The number of carbonyl (C=O) groups excluding carboxylic acids is 5. The van der Waals surface area contributed by atoms with Crippen LogP contribution in [0.15, 0.2) is 61.3 Å². The number of amides is 4. The van der Waals surface area contributed by atoms with E-state index in [1.165, 1.54) is 36.5 Å². The van der Waals surface area contributed by atoms with Crippen molar-refractivity contribution in [2.24, 2.45) is 7.05 Å². The van der Waals surface area contributed by atoms with Crippen LogP contribution in [0.5, 0.6) is 11.5 Å². The van der Waals surface area contributed by atoms with Gasteiger partial charge in [-0.05, 0) is 86.7 Å². The number of anilines is 3. The van der Waals surface area contributed by atoms with Gasteiger partial charge in [0.25, 0.3) is 11.8 Å². The molecular weight excluding hydrogens is 795 g/mol. The molecule has 0 saturated carbocycles. The number of fused-ring (bicyclic) bond motifs is 3. The number of aromatic nitrogens is 1. The SMILES string of the molecule is C=CCOC(=O)N1c2cc(OCCCC(=O)Nc3cc(C(=O)Nc4ccc5sc(C(=O)OC)cc5c4)n(C)c3)c(OC)cc2C(=O)N2CCCC[C@H]2C1OC1CCCCO1. The van der Waals surface area contributed by atoms with E-state index in [0.29, 0.717) is 54.4 Å². The first-order chi connectivity index (χ1) is 29.1. The van der Waals surface area contributed by atoms with E-state index in [4.69, 9.17) is 28.4 Å². The number of hydrogen-bond donors (Lipinski definition) is 2. The molecule has 4 amide bonds. The van der Waals surface area contributed by atoms with E-state index >= 15 is 0 Å². The maximum atomic E-state index is 14.2. The number of esters is 1. The third kappa shape index (κ3) is 9.27. The molecule has 16 nitrogen and oxygen atoms in total. The fourth-order valence-electron chi connectivity index (χ4n) is 7.70. The Morgan fingerprint density at radius 2 is 1.82 bits per heavy atom. The van der Waals surface area contributed by atoms with Gasteiger partial charge in [0.1, 0.15) is 17.2 Å². The van der Waals surface area contributed by atoms with Crippen molar-refractivity contribution in [2.75, 3.05) is 56.1 Å². The lowest BCUT2D eigenvalue weighted by Gasteiger charge is -2.42. The number of methoxy groups -OCH3 is 2. The summed E-state index contributed by atoms with van der Waals surface area (Å²) < 4.78 is 37.3. The predicted octanol–water partition coefficient (Wildman–Crippen LogP) is 7.09. The Labute approximate surface area is 351 Å². The Morgan fingerprint density at radius 1 is 0.983 bits per heavy atom. The molecule has 60 heavy (non-hydrogen) atoms. The molecule has 2 fully saturated rings. The molecule has 0 radical (unpaired) electrons. The molecule has 4 aromatic rings. The monoisotopic (exact) mass is 843 g/mol. The molecule has 2 aromatic heterocycles. The van der Waals surface area contributed by atoms with Crippen LogP contribution in [-0.2, 0) is 30.8 Å². The van der Waals surface area contributed by atoms with Crippen LogP contribution in [0.4, 0.5) is 21.9 Å². The van der Waals surface area contributed by atoms with Crippen molar-refractivity contribution < 1.29 is 52.4 Å². The molecule has 2 unspecified atom stereocenters. The summed E-state index contributed by atoms with van der Waals surface area (Å²) >= 11 is 1.30. The van der Waals surface area contributed by atoms with Crippen LogP contribution in [-0.4, -0.2) is 98.4 Å². The van der Waals surface area contributed by atoms with Gasteiger partial charge in [0.05, 0.1) is 43.8 Å². The molecule has 3 atom stereocenters. The number of rotatable bonds is 14. The Kier molecular flexibility index (Phi) is 13.4. The largest absolute Gasteiger partial charge is 0.493 e. The Morgan fingerprint density at radius 3 is 2.58 bits per heavy atom. The number of piperidine rings is 1. The fourth-order valence-corrected chi connectivity index (χ4v) is 8.67. The topological polar surface area (TPSA) is 176 Å². The highest BCUT2D eigenvalue weighted by molar-refractivity contribution is 7.20. The van der Waals surface area contributed by atoms with Gasteiger partial charge in [-0.3, -0.25) is 14.4 Å². The summed E-state index contributed by atoms with van der Waals surface area (Å²) in [5, 5.41) is 6.51. The van der Waals surface area contributed by atoms with Crippen LogP contribution in [0.2, 0.25) is 0 Å². The molecule has 2 aromatic carbocycles. The highest BCUT2D eigenvalue weighted by Gasteiger charge is 2.47. The van der Waals surface area contributed by atoms with Gasteiger partial charge in [-0.2, -0.15) is 0 Å². The van der Waals surface area contributed by atoms with E-state index < -0.39 is 30.6 Å². The van der Waals surface area contributed by atoms with Crippen molar-refractivity contribution in [3.05, 3.63) is 77.5 Å². The Bertz CT molecular complexity index is 2260. The highest BCUT2D eigenvalue weighted by atomic mass is 32.1. The van der Waals surface area contributed by atoms with Gasteiger partial charge in [0.15, 0.2) is 24.0 Å². The summed E-state index contributed by atoms with van der Waals surface area (Å²) in [4.78, 5) is 70.0. The van der Waals surface area contributed by atoms with Crippen molar-refractivity contribution in [3.63, 3.8) is 0 Å². The van der Waals surface area contributed by atoms with Crippen LogP contribution < -0.4 is 25.0 Å². The van der Waals surface area contributed by atoms with Gasteiger partial charge in [-0.15, -0.1) is 11.3 Å². The Hall–Kier alpha value is -5.91. The Balaban J connectivity index is 1.02. The number of aryl methyl sites for hydroxylation is 1. The number of ether oxygens (including phenoxy) is 6. The molecule has 17 heteroatoms. The van der Waals surface area contributed by atoms with Gasteiger partial charge in [0, 0.05) is 49.3 Å². The third-order valence-electron chi connectivity index (χ3n) is 10.6. The number of hydrogen-bond acceptors (Lipinski definition) is 12. The van der Waals surface area contributed by atoms with E-state index in [1.807, 2.05) is 6.07 Å². The van der Waals surface area contributed by atoms with Gasteiger partial charge < -0.3 is 48.5 Å². The third-order valence-corrected chi connectivity index (χ3v) is 11.7. The summed E-state index contributed by atoms with van der Waals surface area (Å²) in [6.45, 7) is 4.77. The molecule has 0 spiro atoms. The second-order valence-corrected chi connectivity index (χ2v) is 15.8. The normalized spacial score (nSPS) is 18.8. The summed E-state index contributed by atoms with van der Waals surface area (Å²) in [5.74, 6) is -0.809. The molecule has 2 saturated heterocycles. The zero-order chi connectivity index (χ0) is 42.3. The first-order valence-corrected chi connectivity index (χ1v) is 20.8. The van der Waals surface area contributed by atoms with Gasteiger partial charge in [-0.1, -0.05) is 12.7 Å². The lowest BCUT2D eigenvalue weighted by atomic mass is 10.00. The van der Waals surface area contributed by atoms with E-state index in [0.717, 1.165) is 35.8 Å². The number of nitrogens with zero attached hydrogens (tertiary/aromatic N) is 3. The molecule has 0 bridgehead atoms. The zero-order valence-corrected chi connectivity index (χ0v) is 34.7. The average molecular weight is 844 g/mol. The smallest absolute Gasteiger partial charge is 0.416 e. The van der Waals surface area contributed by atoms with Crippen LogP contribution in [0.3, 0.4) is 0 Å². The van der Waals surface area contributed by atoms with E-state index in [9.17, 15) is 24.0 Å². The van der Waals surface area contributed by atoms with Crippen molar-refractivity contribution in [1.82, 2.24) is 9.47 Å². The highest BCUT2D eigenvalue weighted by Crippen LogP contribution is 2.42. The first kappa shape index (κ1) is 42.2. The summed E-state index contributed by atoms with van der Waals surface area (Å²) in [5.41, 5.74) is 1.80. The van der Waals surface area contributed by atoms with Crippen molar-refractivity contribution in [2.45, 2.75) is 69.9 Å².